The van der Waals surface area contributed by atoms with Crippen molar-refractivity contribution in [3.63, 3.8) is 0 Å². The fraction of sp³-hybridized carbons (Fsp3) is 0.256. The molecule has 0 saturated heterocycles. The Labute approximate surface area is 305 Å². The normalized spacial score (nSPS) is 19.1. The van der Waals surface area contributed by atoms with Crippen molar-refractivity contribution in [1.82, 2.24) is 9.97 Å². The second-order valence-corrected chi connectivity index (χ2v) is 12.7. The molecule has 4 aromatic carbocycles. The first-order valence-corrected chi connectivity index (χ1v) is 15.5. The molecular weight excluding hydrogens is 753 g/mol. The first-order chi connectivity index (χ1) is 26.2. The van der Waals surface area contributed by atoms with Crippen LogP contribution in [0.15, 0.2) is 102 Å². The van der Waals surface area contributed by atoms with Crippen LogP contribution in [-0.4, -0.2) is 9.97 Å². The molecule has 8 rings (SSSR count). The van der Waals surface area contributed by atoms with Crippen LogP contribution in [0.3, 0.4) is 0 Å². The maximum absolute atomic E-state index is 9.35. The molecule has 0 bridgehead atoms. The predicted octanol–water partition coefficient (Wildman–Crippen LogP) is 11.8. The van der Waals surface area contributed by atoms with E-state index in [4.69, 9.17) is 16.8 Å². The summed E-state index contributed by atoms with van der Waals surface area (Å²) < 4.78 is 83.9. The third kappa shape index (κ3) is 6.82. The van der Waals surface area contributed by atoms with E-state index >= 15 is 0 Å². The maximum atomic E-state index is 9.35. The summed E-state index contributed by atoms with van der Waals surface area (Å²) in [7, 11) is 0. The number of pyridine rings is 2. The van der Waals surface area contributed by atoms with Crippen molar-refractivity contribution < 1.29 is 38.2 Å². The summed E-state index contributed by atoms with van der Waals surface area (Å²) >= 11 is 0. The zero-order valence-corrected chi connectivity index (χ0v) is 28.6. The van der Waals surface area contributed by atoms with Crippen LogP contribution >= 0.6 is 0 Å². The Kier molecular flexibility index (Phi) is 6.48. The minimum atomic E-state index is -2.34. The minimum Gasteiger partial charge on any atom is -0.500 e. The third-order valence-electron chi connectivity index (χ3n) is 8.92. The van der Waals surface area contributed by atoms with Gasteiger partial charge >= 0.3 is 0 Å². The SMILES string of the molecule is [2H]C([2H])([2H])c1c[c-]c(-c2ccc(C([2H])([2H])[2H])cn2)cc1.[2H]C([2H])([2H])c1cnc(-c2[c-]ccc3c2oc2c4ccccc4ccc32)cc1C1([2H])CCC(C)(C)CC1.[Ir]. The van der Waals surface area contributed by atoms with E-state index in [1.165, 1.54) is 30.6 Å². The Hall–Kier alpha value is -4.11. The molecule has 1 radical (unpaired) electrons. The van der Waals surface area contributed by atoms with Crippen LogP contribution in [0.4, 0.5) is 0 Å². The summed E-state index contributed by atoms with van der Waals surface area (Å²) in [5.74, 6) is -0.963. The van der Waals surface area contributed by atoms with E-state index in [0.717, 1.165) is 40.0 Å². The molecule has 1 fully saturated rings. The number of fused-ring (bicyclic) bond motifs is 5. The topological polar surface area (TPSA) is 38.9 Å². The molecule has 1 saturated carbocycles. The summed E-state index contributed by atoms with van der Waals surface area (Å²) in [4.78, 5) is 8.65. The average Bonchev–Trinajstić information content (AvgIpc) is 3.55. The Balaban J connectivity index is 0.000000223. The van der Waals surface area contributed by atoms with Gasteiger partial charge in [-0.15, -0.1) is 53.6 Å². The van der Waals surface area contributed by atoms with E-state index in [1.807, 2.05) is 30.3 Å². The van der Waals surface area contributed by atoms with Gasteiger partial charge in [0.15, 0.2) is 0 Å². The van der Waals surface area contributed by atoms with Gasteiger partial charge in [0.25, 0.3) is 0 Å². The first kappa shape index (κ1) is 22.5. The standard InChI is InChI=1S/C30H28NO.C13H12N.Ir/c1-19-18-31-27(17-26(19)21-13-15-30(2,3)16-14-21)25-10-6-9-23-24-12-11-20-7-4-5-8-22(20)28(24)32-29(23)25;1-10-3-6-12(7-4-10)13-8-5-11(2)9-14-13;/h4-9,11-12,17-18,21H,13-16H2,1-3H3;3-6,8-9H,1-2H3;/q2*-1;/i1D3,21D;1D3,2D3;. The van der Waals surface area contributed by atoms with Gasteiger partial charge in [0.1, 0.15) is 5.58 Å². The van der Waals surface area contributed by atoms with Crippen LogP contribution in [0.5, 0.6) is 0 Å². The molecule has 0 amide bonds. The summed E-state index contributed by atoms with van der Waals surface area (Å²) in [6.45, 7) is -2.24. The molecule has 0 aliphatic heterocycles. The molecule has 4 heteroatoms. The molecule has 0 atom stereocenters. The van der Waals surface area contributed by atoms with Crippen LogP contribution in [0.1, 0.15) is 81.4 Å². The Morgan fingerprint density at radius 3 is 2.32 bits per heavy atom. The van der Waals surface area contributed by atoms with Gasteiger partial charge in [0, 0.05) is 57.0 Å². The van der Waals surface area contributed by atoms with Gasteiger partial charge in [-0.05, 0) is 84.2 Å². The fourth-order valence-electron chi connectivity index (χ4n) is 6.18. The number of nitrogens with zero attached hydrogens (tertiary/aromatic N) is 2. The molecule has 1 aliphatic rings. The fourth-order valence-corrected chi connectivity index (χ4v) is 6.18. The summed E-state index contributed by atoms with van der Waals surface area (Å²) in [5.41, 5.74) is 5.19. The van der Waals surface area contributed by atoms with Crippen LogP contribution in [-0.2, 0) is 20.1 Å². The van der Waals surface area contributed by atoms with Crippen molar-refractivity contribution in [3.05, 3.63) is 132 Å². The second-order valence-electron chi connectivity index (χ2n) is 12.7. The van der Waals surface area contributed by atoms with Gasteiger partial charge in [0.05, 0.1) is 5.58 Å². The number of aromatic nitrogens is 2. The van der Waals surface area contributed by atoms with E-state index in [-0.39, 0.29) is 42.2 Å². The molecule has 1 aliphatic carbocycles. The molecule has 0 N–H and O–H groups in total. The summed E-state index contributed by atoms with van der Waals surface area (Å²) in [6, 6.07) is 31.7. The maximum Gasteiger partial charge on any atom is 0.128 e. The Morgan fingerprint density at radius 1 is 0.787 bits per heavy atom. The van der Waals surface area contributed by atoms with Crippen molar-refractivity contribution in [2.75, 3.05) is 0 Å². The quantitative estimate of drug-likeness (QED) is 0.167. The number of benzene rings is 4. The molecule has 0 spiro atoms. The molecule has 3 heterocycles. The van der Waals surface area contributed by atoms with E-state index in [0.29, 0.717) is 46.5 Å². The molecule has 47 heavy (non-hydrogen) atoms. The van der Waals surface area contributed by atoms with Crippen LogP contribution < -0.4 is 0 Å². The smallest absolute Gasteiger partial charge is 0.128 e. The van der Waals surface area contributed by atoms with Crippen molar-refractivity contribution >= 4 is 32.7 Å². The second kappa shape index (κ2) is 13.6. The van der Waals surface area contributed by atoms with E-state index < -0.39 is 26.4 Å². The van der Waals surface area contributed by atoms with Gasteiger partial charge < -0.3 is 14.4 Å². The third-order valence-corrected chi connectivity index (χ3v) is 8.92. The number of hydrogen-bond acceptors (Lipinski definition) is 3. The van der Waals surface area contributed by atoms with Crippen molar-refractivity contribution in [3.8, 4) is 22.5 Å². The largest absolute Gasteiger partial charge is 0.500 e. The van der Waals surface area contributed by atoms with E-state index in [2.05, 4.69) is 60.2 Å². The van der Waals surface area contributed by atoms with E-state index in [1.54, 1.807) is 12.1 Å². The van der Waals surface area contributed by atoms with E-state index in [9.17, 15) is 1.37 Å². The number of rotatable bonds is 3. The molecule has 3 nitrogen and oxygen atoms in total. The van der Waals surface area contributed by atoms with Gasteiger partial charge in [-0.3, -0.25) is 0 Å². The Bertz CT molecular complexity index is 2470. The zero-order valence-electron chi connectivity index (χ0n) is 36.2. The zero-order chi connectivity index (χ0) is 40.3. The van der Waals surface area contributed by atoms with Crippen LogP contribution in [0.2, 0.25) is 0 Å². The van der Waals surface area contributed by atoms with Crippen LogP contribution in [0, 0.1) is 38.1 Å². The van der Waals surface area contributed by atoms with Crippen molar-refractivity contribution in [1.29, 1.82) is 0 Å². The van der Waals surface area contributed by atoms with Gasteiger partial charge in [0.2, 0.25) is 0 Å². The first-order valence-electron chi connectivity index (χ1n) is 20.5. The van der Waals surface area contributed by atoms with Gasteiger partial charge in [-0.2, -0.15) is 0 Å². The monoisotopic (exact) mass is 803 g/mol. The number of furan rings is 1. The van der Waals surface area contributed by atoms with Gasteiger partial charge in [-0.1, -0.05) is 86.2 Å². The van der Waals surface area contributed by atoms with Crippen LogP contribution in [0.25, 0.3) is 55.2 Å². The molecule has 7 aromatic rings. The Morgan fingerprint density at radius 2 is 1.57 bits per heavy atom. The summed E-state index contributed by atoms with van der Waals surface area (Å²) in [5, 5.41) is 4.13. The van der Waals surface area contributed by atoms with Gasteiger partial charge in [-0.25, -0.2) is 0 Å². The molecule has 239 valence electrons. The summed E-state index contributed by atoms with van der Waals surface area (Å²) in [6.07, 6.45) is 5.75. The molecule has 3 aromatic heterocycles. The average molecular weight is 803 g/mol. The van der Waals surface area contributed by atoms with Crippen molar-refractivity contribution in [2.24, 2.45) is 5.41 Å². The minimum absolute atomic E-state index is 0. The molecular formula is C43H40IrN2O-2. The predicted molar refractivity (Wildman–Crippen MR) is 191 cm³/mol. The number of aryl methyl sites for hydroxylation is 3. The number of hydrogen-bond donors (Lipinski definition) is 0. The van der Waals surface area contributed by atoms with Crippen molar-refractivity contribution in [2.45, 2.75) is 66.0 Å². The molecule has 0 unspecified atom stereocenters.